The van der Waals surface area contributed by atoms with Crippen LogP contribution in [0.15, 0.2) is 33.4 Å². The van der Waals surface area contributed by atoms with Crippen LogP contribution in [0.3, 0.4) is 0 Å². The Morgan fingerprint density at radius 1 is 1.35 bits per heavy atom. The van der Waals surface area contributed by atoms with Crippen LogP contribution >= 0.6 is 0 Å². The van der Waals surface area contributed by atoms with E-state index in [1.807, 2.05) is 12.1 Å². The maximum absolute atomic E-state index is 5.59. The predicted octanol–water partition coefficient (Wildman–Crippen LogP) is 2.72. The number of rotatable bonds is 6. The van der Waals surface area contributed by atoms with E-state index in [2.05, 4.69) is 24.1 Å². The van der Waals surface area contributed by atoms with Crippen molar-refractivity contribution in [3.05, 3.63) is 30.5 Å². The molecule has 0 fully saturated rings. The van der Waals surface area contributed by atoms with Gasteiger partial charge in [0.2, 0.25) is 0 Å². The molecule has 0 amide bonds. The number of nitrogens with one attached hydrogen (secondary N) is 1. The van der Waals surface area contributed by atoms with Gasteiger partial charge in [0.15, 0.2) is 17.4 Å². The SMILES string of the molecule is CC(C)CNCCc1ncc(-c2ccco2)o1. The van der Waals surface area contributed by atoms with Crippen molar-refractivity contribution in [1.82, 2.24) is 10.3 Å². The standard InChI is InChI=1S/C13H18N2O2/c1-10(2)8-14-6-5-13-15-9-12(17-13)11-4-3-7-16-11/h3-4,7,9-10,14H,5-6,8H2,1-2H3. The molecule has 0 saturated carbocycles. The summed E-state index contributed by atoms with van der Waals surface area (Å²) in [6.07, 6.45) is 4.13. The number of aromatic nitrogens is 1. The molecule has 0 aliphatic carbocycles. The summed E-state index contributed by atoms with van der Waals surface area (Å²) in [6.45, 7) is 6.28. The quantitative estimate of drug-likeness (QED) is 0.781. The summed E-state index contributed by atoms with van der Waals surface area (Å²) in [5.41, 5.74) is 0. The van der Waals surface area contributed by atoms with Gasteiger partial charge in [-0.15, -0.1) is 0 Å². The first-order valence-corrected chi connectivity index (χ1v) is 5.95. The summed E-state index contributed by atoms with van der Waals surface area (Å²) in [7, 11) is 0. The van der Waals surface area contributed by atoms with Crippen LogP contribution in [0.1, 0.15) is 19.7 Å². The molecule has 4 heteroatoms. The first kappa shape index (κ1) is 11.9. The Kier molecular flexibility index (Phi) is 3.98. The van der Waals surface area contributed by atoms with E-state index < -0.39 is 0 Å². The minimum Gasteiger partial charge on any atom is -0.461 e. The van der Waals surface area contributed by atoms with E-state index in [0.29, 0.717) is 11.7 Å². The third-order valence-electron chi connectivity index (χ3n) is 2.39. The molecular weight excluding hydrogens is 216 g/mol. The summed E-state index contributed by atoms with van der Waals surface area (Å²) in [5.74, 6) is 2.82. The zero-order valence-corrected chi connectivity index (χ0v) is 10.3. The van der Waals surface area contributed by atoms with Gasteiger partial charge in [0.05, 0.1) is 12.5 Å². The number of furan rings is 1. The fraction of sp³-hybridized carbons (Fsp3) is 0.462. The molecule has 0 aliphatic rings. The second kappa shape index (κ2) is 5.68. The Bertz CT molecular complexity index is 432. The maximum atomic E-state index is 5.59. The smallest absolute Gasteiger partial charge is 0.196 e. The van der Waals surface area contributed by atoms with Crippen LogP contribution in [0.2, 0.25) is 0 Å². The molecule has 2 aromatic rings. The van der Waals surface area contributed by atoms with Crippen molar-refractivity contribution in [2.45, 2.75) is 20.3 Å². The van der Waals surface area contributed by atoms with Crippen molar-refractivity contribution < 1.29 is 8.83 Å². The zero-order valence-electron chi connectivity index (χ0n) is 10.3. The average molecular weight is 234 g/mol. The van der Waals surface area contributed by atoms with Crippen LogP contribution in [0.4, 0.5) is 0 Å². The number of hydrogen-bond acceptors (Lipinski definition) is 4. The topological polar surface area (TPSA) is 51.2 Å². The Balaban J connectivity index is 1.83. The zero-order chi connectivity index (χ0) is 12.1. The third kappa shape index (κ3) is 3.46. The molecule has 0 saturated heterocycles. The molecule has 2 heterocycles. The minimum absolute atomic E-state index is 0.665. The minimum atomic E-state index is 0.665. The van der Waals surface area contributed by atoms with Gasteiger partial charge in [-0.3, -0.25) is 0 Å². The Labute approximate surface area is 101 Å². The number of oxazole rings is 1. The molecule has 0 bridgehead atoms. The van der Waals surface area contributed by atoms with Crippen molar-refractivity contribution >= 4 is 0 Å². The average Bonchev–Trinajstić information content (AvgIpc) is 2.94. The summed E-state index contributed by atoms with van der Waals surface area (Å²) in [5, 5.41) is 3.35. The molecule has 17 heavy (non-hydrogen) atoms. The third-order valence-corrected chi connectivity index (χ3v) is 2.39. The van der Waals surface area contributed by atoms with Crippen LogP contribution in [-0.2, 0) is 6.42 Å². The van der Waals surface area contributed by atoms with E-state index in [-0.39, 0.29) is 0 Å². The highest BCUT2D eigenvalue weighted by molar-refractivity contribution is 5.47. The van der Waals surface area contributed by atoms with Gasteiger partial charge in [-0.25, -0.2) is 4.98 Å². The first-order chi connectivity index (χ1) is 8.25. The lowest BCUT2D eigenvalue weighted by Crippen LogP contribution is -2.22. The van der Waals surface area contributed by atoms with Crippen LogP contribution in [-0.4, -0.2) is 18.1 Å². The molecule has 0 unspecified atom stereocenters. The predicted molar refractivity (Wildman–Crippen MR) is 65.6 cm³/mol. The van der Waals surface area contributed by atoms with E-state index in [1.54, 1.807) is 12.5 Å². The number of hydrogen-bond donors (Lipinski definition) is 1. The molecule has 0 aliphatic heterocycles. The van der Waals surface area contributed by atoms with Crippen molar-refractivity contribution in [1.29, 1.82) is 0 Å². The van der Waals surface area contributed by atoms with E-state index in [0.717, 1.165) is 31.2 Å². The summed E-state index contributed by atoms with van der Waals surface area (Å²) in [4.78, 5) is 4.22. The highest BCUT2D eigenvalue weighted by atomic mass is 16.4. The highest BCUT2D eigenvalue weighted by Crippen LogP contribution is 2.20. The molecular formula is C13H18N2O2. The maximum Gasteiger partial charge on any atom is 0.196 e. The van der Waals surface area contributed by atoms with Gasteiger partial charge >= 0.3 is 0 Å². The molecule has 0 aromatic carbocycles. The second-order valence-electron chi connectivity index (χ2n) is 4.44. The van der Waals surface area contributed by atoms with E-state index >= 15 is 0 Å². The molecule has 92 valence electrons. The number of nitrogens with zero attached hydrogens (tertiary/aromatic N) is 1. The lowest BCUT2D eigenvalue weighted by molar-refractivity contribution is 0.468. The first-order valence-electron chi connectivity index (χ1n) is 5.95. The summed E-state index contributed by atoms with van der Waals surface area (Å²) < 4.78 is 10.8. The van der Waals surface area contributed by atoms with Crippen LogP contribution in [0.5, 0.6) is 0 Å². The Morgan fingerprint density at radius 3 is 2.94 bits per heavy atom. The second-order valence-corrected chi connectivity index (χ2v) is 4.44. The Hall–Kier alpha value is -1.55. The largest absolute Gasteiger partial charge is 0.461 e. The van der Waals surface area contributed by atoms with Crippen molar-refractivity contribution in [3.63, 3.8) is 0 Å². The monoisotopic (exact) mass is 234 g/mol. The van der Waals surface area contributed by atoms with Gasteiger partial charge in [-0.1, -0.05) is 13.8 Å². The van der Waals surface area contributed by atoms with Gasteiger partial charge in [0, 0.05) is 13.0 Å². The van der Waals surface area contributed by atoms with Gasteiger partial charge < -0.3 is 14.2 Å². The van der Waals surface area contributed by atoms with Crippen molar-refractivity contribution in [2.75, 3.05) is 13.1 Å². The Morgan fingerprint density at radius 2 is 2.24 bits per heavy atom. The van der Waals surface area contributed by atoms with Gasteiger partial charge in [0.1, 0.15) is 0 Å². The van der Waals surface area contributed by atoms with Crippen LogP contribution in [0.25, 0.3) is 11.5 Å². The lowest BCUT2D eigenvalue weighted by Gasteiger charge is -2.05. The highest BCUT2D eigenvalue weighted by Gasteiger charge is 2.07. The summed E-state index contributed by atoms with van der Waals surface area (Å²) >= 11 is 0. The van der Waals surface area contributed by atoms with E-state index in [4.69, 9.17) is 8.83 Å². The molecule has 0 atom stereocenters. The molecule has 0 spiro atoms. The molecule has 0 radical (unpaired) electrons. The molecule has 2 rings (SSSR count). The fourth-order valence-corrected chi connectivity index (χ4v) is 1.54. The molecule has 2 aromatic heterocycles. The lowest BCUT2D eigenvalue weighted by atomic mass is 10.2. The summed E-state index contributed by atoms with van der Waals surface area (Å²) in [6, 6.07) is 3.70. The van der Waals surface area contributed by atoms with Gasteiger partial charge in [-0.05, 0) is 24.6 Å². The van der Waals surface area contributed by atoms with E-state index in [1.165, 1.54) is 0 Å². The van der Waals surface area contributed by atoms with Crippen LogP contribution in [0, 0.1) is 5.92 Å². The van der Waals surface area contributed by atoms with Gasteiger partial charge in [0.25, 0.3) is 0 Å². The molecule has 4 nitrogen and oxygen atoms in total. The van der Waals surface area contributed by atoms with Crippen LogP contribution < -0.4 is 5.32 Å². The normalized spacial score (nSPS) is 11.2. The van der Waals surface area contributed by atoms with E-state index in [9.17, 15) is 0 Å². The van der Waals surface area contributed by atoms with Gasteiger partial charge in [-0.2, -0.15) is 0 Å². The fourth-order valence-electron chi connectivity index (χ4n) is 1.54. The van der Waals surface area contributed by atoms with Crippen molar-refractivity contribution in [3.8, 4) is 11.5 Å². The van der Waals surface area contributed by atoms with Crippen molar-refractivity contribution in [2.24, 2.45) is 5.92 Å². The molecule has 1 N–H and O–H groups in total.